The molecule has 0 spiro atoms. The molecule has 1 heterocycles. The van der Waals surface area contributed by atoms with Crippen LogP contribution in [-0.2, 0) is 14.3 Å². The number of rotatable bonds is 6. The van der Waals surface area contributed by atoms with E-state index in [1.807, 2.05) is 6.92 Å². The molecule has 6 nitrogen and oxygen atoms in total. The minimum absolute atomic E-state index is 0. The van der Waals surface area contributed by atoms with Gasteiger partial charge in [-0.2, -0.15) is 0 Å². The third-order valence-corrected chi connectivity index (χ3v) is 4.06. The van der Waals surface area contributed by atoms with E-state index in [0.717, 1.165) is 12.1 Å². The van der Waals surface area contributed by atoms with Crippen LogP contribution in [0.1, 0.15) is 18.4 Å². The van der Waals surface area contributed by atoms with Gasteiger partial charge in [0.15, 0.2) is 0 Å². The molecule has 1 aliphatic rings. The summed E-state index contributed by atoms with van der Waals surface area (Å²) in [7, 11) is 0. The molecule has 134 valence electrons. The van der Waals surface area contributed by atoms with Crippen LogP contribution in [0.3, 0.4) is 0 Å². The Labute approximate surface area is 153 Å². The molecule has 1 saturated heterocycles. The standard InChI is InChI=1S/C16H22ClN3O3.ClH/c1-11-13(17)3-2-4-14(11)20-15(21)5-6-19-16(22)9-12-10-23-8-7-18-12;/h2-4,12,18H,5-10H2,1H3,(H,19,22)(H,20,21);1H. The molecule has 0 radical (unpaired) electrons. The molecular weight excluding hydrogens is 353 g/mol. The van der Waals surface area contributed by atoms with Crippen molar-refractivity contribution in [2.75, 3.05) is 31.6 Å². The second kappa shape index (κ2) is 10.5. The van der Waals surface area contributed by atoms with Gasteiger partial charge in [0.2, 0.25) is 11.8 Å². The van der Waals surface area contributed by atoms with Crippen molar-refractivity contribution in [3.63, 3.8) is 0 Å². The van der Waals surface area contributed by atoms with Crippen LogP contribution < -0.4 is 16.0 Å². The van der Waals surface area contributed by atoms with E-state index in [1.54, 1.807) is 18.2 Å². The Morgan fingerprint density at radius 2 is 2.17 bits per heavy atom. The zero-order valence-corrected chi connectivity index (χ0v) is 15.1. The van der Waals surface area contributed by atoms with Crippen LogP contribution in [0.5, 0.6) is 0 Å². The van der Waals surface area contributed by atoms with Crippen LogP contribution in [0, 0.1) is 6.92 Å². The number of morpholine rings is 1. The number of carbonyl (C=O) groups excluding carboxylic acids is 2. The monoisotopic (exact) mass is 375 g/mol. The zero-order valence-electron chi connectivity index (χ0n) is 13.6. The van der Waals surface area contributed by atoms with Gasteiger partial charge in [-0.3, -0.25) is 9.59 Å². The van der Waals surface area contributed by atoms with Gasteiger partial charge < -0.3 is 20.7 Å². The van der Waals surface area contributed by atoms with E-state index in [4.69, 9.17) is 16.3 Å². The van der Waals surface area contributed by atoms with Crippen molar-refractivity contribution in [2.24, 2.45) is 0 Å². The molecule has 0 aromatic heterocycles. The molecule has 1 unspecified atom stereocenters. The van der Waals surface area contributed by atoms with Gasteiger partial charge in [-0.05, 0) is 24.6 Å². The largest absolute Gasteiger partial charge is 0.378 e. The van der Waals surface area contributed by atoms with E-state index in [1.165, 1.54) is 0 Å². The summed E-state index contributed by atoms with van der Waals surface area (Å²) in [4.78, 5) is 23.7. The lowest BCUT2D eigenvalue weighted by atomic mass is 10.2. The van der Waals surface area contributed by atoms with E-state index < -0.39 is 0 Å². The maximum Gasteiger partial charge on any atom is 0.226 e. The fraction of sp³-hybridized carbons (Fsp3) is 0.500. The number of amides is 2. The lowest BCUT2D eigenvalue weighted by Gasteiger charge is -2.23. The quantitative estimate of drug-likeness (QED) is 0.709. The Kier molecular flexibility index (Phi) is 9.07. The first-order chi connectivity index (χ1) is 11.1. The molecular formula is C16H23Cl2N3O3. The lowest BCUT2D eigenvalue weighted by molar-refractivity contribution is -0.122. The fourth-order valence-electron chi connectivity index (χ4n) is 2.32. The van der Waals surface area contributed by atoms with E-state index in [2.05, 4.69) is 16.0 Å². The zero-order chi connectivity index (χ0) is 16.7. The predicted molar refractivity (Wildman–Crippen MR) is 96.9 cm³/mol. The first kappa shape index (κ1) is 20.7. The molecule has 0 bridgehead atoms. The third kappa shape index (κ3) is 6.65. The first-order valence-corrected chi connectivity index (χ1v) is 8.07. The highest BCUT2D eigenvalue weighted by Crippen LogP contribution is 2.22. The molecule has 2 amide bonds. The van der Waals surface area contributed by atoms with Gasteiger partial charge in [0.25, 0.3) is 0 Å². The van der Waals surface area contributed by atoms with Crippen LogP contribution in [0.4, 0.5) is 5.69 Å². The first-order valence-electron chi connectivity index (χ1n) is 7.69. The van der Waals surface area contributed by atoms with Crippen molar-refractivity contribution < 1.29 is 14.3 Å². The highest BCUT2D eigenvalue weighted by Gasteiger charge is 2.16. The van der Waals surface area contributed by atoms with E-state index >= 15 is 0 Å². The summed E-state index contributed by atoms with van der Waals surface area (Å²) in [5.41, 5.74) is 1.52. The van der Waals surface area contributed by atoms with Gasteiger partial charge in [-0.15, -0.1) is 12.4 Å². The van der Waals surface area contributed by atoms with Crippen molar-refractivity contribution >= 4 is 41.5 Å². The Morgan fingerprint density at radius 3 is 2.88 bits per heavy atom. The molecule has 1 fully saturated rings. The minimum Gasteiger partial charge on any atom is -0.378 e. The molecule has 3 N–H and O–H groups in total. The molecule has 1 aliphatic heterocycles. The minimum atomic E-state index is -0.158. The van der Waals surface area contributed by atoms with Crippen LogP contribution >= 0.6 is 24.0 Å². The van der Waals surface area contributed by atoms with E-state index in [0.29, 0.717) is 36.9 Å². The van der Waals surface area contributed by atoms with Crippen molar-refractivity contribution in [1.29, 1.82) is 0 Å². The number of carbonyl (C=O) groups is 2. The number of hydrogen-bond acceptors (Lipinski definition) is 4. The highest BCUT2D eigenvalue weighted by molar-refractivity contribution is 6.31. The Hall–Kier alpha value is -1.34. The SMILES string of the molecule is Cc1c(Cl)cccc1NC(=O)CCNC(=O)CC1COCCN1.Cl. The molecule has 24 heavy (non-hydrogen) atoms. The number of benzene rings is 1. The van der Waals surface area contributed by atoms with Crippen LogP contribution in [-0.4, -0.2) is 44.2 Å². The third-order valence-electron chi connectivity index (χ3n) is 3.65. The van der Waals surface area contributed by atoms with Gasteiger partial charge in [-0.25, -0.2) is 0 Å². The van der Waals surface area contributed by atoms with Gasteiger partial charge in [0.1, 0.15) is 0 Å². The van der Waals surface area contributed by atoms with Crippen molar-refractivity contribution in [3.05, 3.63) is 28.8 Å². The maximum absolute atomic E-state index is 11.9. The summed E-state index contributed by atoms with van der Waals surface area (Å²) < 4.78 is 5.30. The Morgan fingerprint density at radius 1 is 1.38 bits per heavy atom. The Bertz CT molecular complexity index is 563. The van der Waals surface area contributed by atoms with Crippen LogP contribution in [0.25, 0.3) is 0 Å². The second-order valence-electron chi connectivity index (χ2n) is 5.49. The summed E-state index contributed by atoms with van der Waals surface area (Å²) in [5, 5.41) is 9.38. The summed E-state index contributed by atoms with van der Waals surface area (Å²) >= 11 is 6.01. The summed E-state index contributed by atoms with van der Waals surface area (Å²) in [6.45, 7) is 4.14. The fourth-order valence-corrected chi connectivity index (χ4v) is 2.49. The Balaban J connectivity index is 0.00000288. The number of ether oxygens (including phenoxy) is 1. The average molecular weight is 376 g/mol. The smallest absolute Gasteiger partial charge is 0.226 e. The highest BCUT2D eigenvalue weighted by atomic mass is 35.5. The second-order valence-corrected chi connectivity index (χ2v) is 5.90. The van der Waals surface area contributed by atoms with Crippen LogP contribution in [0.15, 0.2) is 18.2 Å². The summed E-state index contributed by atoms with van der Waals surface area (Å²) in [6.07, 6.45) is 0.571. The molecule has 2 rings (SSSR count). The number of hydrogen-bond donors (Lipinski definition) is 3. The van der Waals surface area contributed by atoms with Gasteiger partial charge in [-0.1, -0.05) is 17.7 Å². The summed E-state index contributed by atoms with van der Waals surface area (Å²) in [5.74, 6) is -0.241. The van der Waals surface area contributed by atoms with Crippen molar-refractivity contribution in [3.8, 4) is 0 Å². The molecule has 1 atom stereocenters. The van der Waals surface area contributed by atoms with E-state index in [-0.39, 0.29) is 36.7 Å². The van der Waals surface area contributed by atoms with Gasteiger partial charge in [0, 0.05) is 42.7 Å². The van der Waals surface area contributed by atoms with Crippen molar-refractivity contribution in [1.82, 2.24) is 10.6 Å². The lowest BCUT2D eigenvalue weighted by Crippen LogP contribution is -2.44. The van der Waals surface area contributed by atoms with Crippen LogP contribution in [0.2, 0.25) is 5.02 Å². The molecule has 1 aromatic carbocycles. The maximum atomic E-state index is 11.9. The number of halogens is 2. The summed E-state index contributed by atoms with van der Waals surface area (Å²) in [6, 6.07) is 5.40. The topological polar surface area (TPSA) is 79.5 Å². The number of anilines is 1. The van der Waals surface area contributed by atoms with Gasteiger partial charge in [0.05, 0.1) is 13.2 Å². The molecule has 8 heteroatoms. The van der Waals surface area contributed by atoms with Crippen molar-refractivity contribution in [2.45, 2.75) is 25.8 Å². The average Bonchev–Trinajstić information content (AvgIpc) is 2.53. The molecule has 1 aromatic rings. The number of nitrogens with one attached hydrogen (secondary N) is 3. The van der Waals surface area contributed by atoms with E-state index in [9.17, 15) is 9.59 Å². The molecule has 0 aliphatic carbocycles. The van der Waals surface area contributed by atoms with Gasteiger partial charge >= 0.3 is 0 Å². The predicted octanol–water partition coefficient (Wildman–Crippen LogP) is 1.89. The normalized spacial score (nSPS) is 16.8. The molecule has 0 saturated carbocycles.